The summed E-state index contributed by atoms with van der Waals surface area (Å²) in [5, 5.41) is 6.52. The molecule has 0 unspecified atom stereocenters. The zero-order valence-corrected chi connectivity index (χ0v) is 7.94. The van der Waals surface area contributed by atoms with E-state index in [1.54, 1.807) is 14.1 Å². The van der Waals surface area contributed by atoms with E-state index in [0.29, 0.717) is 6.42 Å². The van der Waals surface area contributed by atoms with Crippen LogP contribution in [0.3, 0.4) is 0 Å². The lowest BCUT2D eigenvalue weighted by Crippen LogP contribution is -2.06. The zero-order chi connectivity index (χ0) is 8.57. The van der Waals surface area contributed by atoms with Gasteiger partial charge in [0.25, 0.3) is 0 Å². The Bertz CT molecular complexity index is 106. The van der Waals surface area contributed by atoms with E-state index < -0.39 is 0 Å². The number of carbonyl (C=O) groups excluding carboxylic acids is 1. The minimum atomic E-state index is 0. The molecule has 0 spiro atoms. The molecule has 0 radical (unpaired) electrons. The van der Waals surface area contributed by atoms with Gasteiger partial charge in [0, 0.05) is 20.5 Å². The molecule has 0 aromatic heterocycles. The number of nitrogens with two attached hydrogens (primary N) is 1. The van der Waals surface area contributed by atoms with E-state index in [4.69, 9.17) is 11.1 Å². The van der Waals surface area contributed by atoms with Crippen molar-refractivity contribution in [2.75, 3.05) is 14.1 Å². The van der Waals surface area contributed by atoms with Crippen LogP contribution in [0.25, 0.3) is 0 Å². The summed E-state index contributed by atoms with van der Waals surface area (Å²) < 4.78 is 0. The third-order valence-corrected chi connectivity index (χ3v) is 0.592. The third-order valence-electron chi connectivity index (χ3n) is 0.592. The maximum Gasteiger partial charge on any atom is 0.209 e. The van der Waals surface area contributed by atoms with Crippen LogP contribution >= 0.6 is 12.4 Å². The lowest BCUT2D eigenvalue weighted by atomic mass is 10.5. The summed E-state index contributed by atoms with van der Waals surface area (Å²) in [5.74, 6) is 0.255. The Morgan fingerprint density at radius 3 is 1.82 bits per heavy atom. The molecule has 0 aliphatic rings. The van der Waals surface area contributed by atoms with Crippen LogP contribution < -0.4 is 5.73 Å². The van der Waals surface area contributed by atoms with Gasteiger partial charge in [-0.1, -0.05) is 6.92 Å². The van der Waals surface area contributed by atoms with Gasteiger partial charge in [0.1, 0.15) is 0 Å². The van der Waals surface area contributed by atoms with Crippen molar-refractivity contribution in [3.63, 3.8) is 0 Å². The highest BCUT2D eigenvalue weighted by atomic mass is 35.5. The van der Waals surface area contributed by atoms with Crippen LogP contribution in [0.2, 0.25) is 0 Å². The van der Waals surface area contributed by atoms with Gasteiger partial charge >= 0.3 is 0 Å². The number of hydrogen-bond donors (Lipinski definition) is 2. The molecule has 0 saturated heterocycles. The van der Waals surface area contributed by atoms with Crippen LogP contribution in [0.15, 0.2) is 0 Å². The van der Waals surface area contributed by atoms with Crippen molar-refractivity contribution in [1.82, 2.24) is 4.90 Å². The molecule has 0 fully saturated rings. The summed E-state index contributed by atoms with van der Waals surface area (Å²) in [4.78, 5) is 10.9. The maximum atomic E-state index is 9.43. The Balaban J connectivity index is -0.000000107. The first-order chi connectivity index (χ1) is 4.54. The summed E-state index contributed by atoms with van der Waals surface area (Å²) in [7, 11) is 3.38. The Morgan fingerprint density at radius 2 is 1.82 bits per heavy atom. The quantitative estimate of drug-likeness (QED) is 0.369. The van der Waals surface area contributed by atoms with E-state index in [0.717, 1.165) is 6.41 Å². The lowest BCUT2D eigenvalue weighted by Gasteiger charge is -1.93. The predicted molar refractivity (Wildman–Crippen MR) is 49.2 cm³/mol. The SMILES string of the molecule is CCC(=N)N.CN(C)C=O.Cl. The van der Waals surface area contributed by atoms with Crippen molar-refractivity contribution in [3.05, 3.63) is 0 Å². The van der Waals surface area contributed by atoms with Crippen LogP contribution in [0.5, 0.6) is 0 Å². The molecule has 0 saturated carbocycles. The van der Waals surface area contributed by atoms with Gasteiger partial charge in [-0.05, 0) is 0 Å². The molecule has 0 atom stereocenters. The van der Waals surface area contributed by atoms with Gasteiger partial charge in [-0.15, -0.1) is 12.4 Å². The number of halogens is 1. The van der Waals surface area contributed by atoms with E-state index in [2.05, 4.69) is 0 Å². The Morgan fingerprint density at radius 1 is 1.64 bits per heavy atom. The molecule has 5 heteroatoms. The minimum Gasteiger partial charge on any atom is -0.388 e. The number of nitrogens with one attached hydrogen (secondary N) is 1. The number of amides is 1. The molecule has 0 heterocycles. The van der Waals surface area contributed by atoms with Gasteiger partial charge in [0.05, 0.1) is 5.84 Å². The van der Waals surface area contributed by atoms with Gasteiger partial charge in [0.15, 0.2) is 0 Å². The predicted octanol–water partition coefficient (Wildman–Crippen LogP) is 0.459. The summed E-state index contributed by atoms with van der Waals surface area (Å²) in [6.07, 6.45) is 1.42. The van der Waals surface area contributed by atoms with Gasteiger partial charge in [-0.2, -0.15) is 0 Å². The second kappa shape index (κ2) is 12.0. The van der Waals surface area contributed by atoms with Crippen LogP contribution in [-0.4, -0.2) is 31.2 Å². The fourth-order valence-corrected chi connectivity index (χ4v) is 0. The molecule has 11 heavy (non-hydrogen) atoms. The van der Waals surface area contributed by atoms with Gasteiger partial charge in [-0.3, -0.25) is 10.2 Å². The molecule has 0 aliphatic carbocycles. The normalized spacial score (nSPS) is 6.45. The lowest BCUT2D eigenvalue weighted by molar-refractivity contribution is -0.115. The highest BCUT2D eigenvalue weighted by Gasteiger charge is 1.70. The Kier molecular flexibility index (Phi) is 18.1. The van der Waals surface area contributed by atoms with E-state index in [1.807, 2.05) is 6.92 Å². The van der Waals surface area contributed by atoms with Crippen LogP contribution in [-0.2, 0) is 4.79 Å². The maximum absolute atomic E-state index is 9.43. The summed E-state index contributed by atoms with van der Waals surface area (Å²) in [6, 6.07) is 0. The topological polar surface area (TPSA) is 70.2 Å². The first kappa shape index (κ1) is 16.7. The fourth-order valence-electron chi connectivity index (χ4n) is 0. The molecule has 0 bridgehead atoms. The first-order valence-corrected chi connectivity index (χ1v) is 2.99. The second-order valence-electron chi connectivity index (χ2n) is 1.95. The van der Waals surface area contributed by atoms with E-state index in [-0.39, 0.29) is 18.2 Å². The van der Waals surface area contributed by atoms with Gasteiger partial charge in [-0.25, -0.2) is 0 Å². The Labute approximate surface area is 73.7 Å². The van der Waals surface area contributed by atoms with Crippen molar-refractivity contribution in [1.29, 1.82) is 5.41 Å². The number of nitrogens with zero attached hydrogens (tertiary/aromatic N) is 1. The van der Waals surface area contributed by atoms with Crippen LogP contribution in [0.1, 0.15) is 13.3 Å². The van der Waals surface area contributed by atoms with E-state index in [9.17, 15) is 4.79 Å². The molecule has 0 aliphatic heterocycles. The van der Waals surface area contributed by atoms with Crippen molar-refractivity contribution in [2.45, 2.75) is 13.3 Å². The standard InChI is InChI=1S/C3H8N2.C3H7NO.ClH/c1-2-3(4)5;1-4(2)3-5;/h2H2,1H3,(H3,4,5);3H,1-2H3;1H. The summed E-state index contributed by atoms with van der Waals surface area (Å²) in [6.45, 7) is 1.85. The van der Waals surface area contributed by atoms with E-state index in [1.165, 1.54) is 4.90 Å². The van der Waals surface area contributed by atoms with E-state index >= 15 is 0 Å². The molecular weight excluding hydrogens is 166 g/mol. The van der Waals surface area contributed by atoms with Gasteiger partial charge in [0.2, 0.25) is 6.41 Å². The highest BCUT2D eigenvalue weighted by Crippen LogP contribution is 1.64. The summed E-state index contributed by atoms with van der Waals surface area (Å²) in [5.41, 5.74) is 4.88. The average molecular weight is 182 g/mol. The van der Waals surface area contributed by atoms with Crippen molar-refractivity contribution in [3.8, 4) is 0 Å². The van der Waals surface area contributed by atoms with Crippen LogP contribution in [0.4, 0.5) is 0 Å². The number of rotatable bonds is 2. The van der Waals surface area contributed by atoms with Crippen molar-refractivity contribution in [2.24, 2.45) is 5.73 Å². The number of amidine groups is 1. The first-order valence-electron chi connectivity index (χ1n) is 2.99. The number of carbonyl (C=O) groups is 1. The van der Waals surface area contributed by atoms with Crippen molar-refractivity contribution >= 4 is 24.7 Å². The zero-order valence-electron chi connectivity index (χ0n) is 7.13. The highest BCUT2D eigenvalue weighted by molar-refractivity contribution is 5.85. The number of hydrogen-bond acceptors (Lipinski definition) is 2. The Hall–Kier alpha value is -0.770. The molecule has 4 nitrogen and oxygen atoms in total. The second-order valence-corrected chi connectivity index (χ2v) is 1.95. The molecule has 3 N–H and O–H groups in total. The van der Waals surface area contributed by atoms with Crippen molar-refractivity contribution < 1.29 is 4.79 Å². The third kappa shape index (κ3) is 46.2. The summed E-state index contributed by atoms with van der Waals surface area (Å²) >= 11 is 0. The van der Waals surface area contributed by atoms with Crippen LogP contribution in [0, 0.1) is 5.41 Å². The molecule has 0 aromatic carbocycles. The molecular formula is C6H16ClN3O. The largest absolute Gasteiger partial charge is 0.388 e. The average Bonchev–Trinajstić information content (AvgIpc) is 1.89. The minimum absolute atomic E-state index is 0. The smallest absolute Gasteiger partial charge is 0.209 e. The monoisotopic (exact) mass is 181 g/mol. The molecule has 0 rings (SSSR count). The van der Waals surface area contributed by atoms with Gasteiger partial charge < -0.3 is 10.6 Å². The molecule has 68 valence electrons. The molecule has 1 amide bonds. The fraction of sp³-hybridized carbons (Fsp3) is 0.667. The molecule has 0 aromatic rings.